The van der Waals surface area contributed by atoms with Crippen LogP contribution in [0.4, 0.5) is 10.1 Å². The van der Waals surface area contributed by atoms with Crippen LogP contribution in [0.3, 0.4) is 0 Å². The van der Waals surface area contributed by atoms with Gasteiger partial charge in [-0.1, -0.05) is 12.1 Å². The molecule has 0 radical (unpaired) electrons. The van der Waals surface area contributed by atoms with Crippen molar-refractivity contribution >= 4 is 34.6 Å². The van der Waals surface area contributed by atoms with Crippen LogP contribution in [-0.4, -0.2) is 27.1 Å². The molecule has 2 heterocycles. The molecule has 1 aliphatic heterocycles. The quantitative estimate of drug-likeness (QED) is 0.298. The summed E-state index contributed by atoms with van der Waals surface area (Å²) in [6, 6.07) is 17.6. The van der Waals surface area contributed by atoms with E-state index in [9.17, 15) is 9.18 Å². The van der Waals surface area contributed by atoms with E-state index < -0.39 is 0 Å². The molecule has 0 spiro atoms. The van der Waals surface area contributed by atoms with Crippen molar-refractivity contribution in [1.29, 1.82) is 0 Å². The minimum atomic E-state index is -0.301. The fourth-order valence-electron chi connectivity index (χ4n) is 8.40. The number of amidine groups is 1. The van der Waals surface area contributed by atoms with E-state index in [1.54, 1.807) is 22.6 Å². The predicted octanol–water partition coefficient (Wildman–Crippen LogP) is 8.32. The second-order valence-electron chi connectivity index (χ2n) is 12.4. The molecule has 1 saturated heterocycles. The second kappa shape index (κ2) is 9.76. The molecule has 8 rings (SSSR count). The molecule has 4 aliphatic carbocycles. The molecule has 6 heteroatoms. The summed E-state index contributed by atoms with van der Waals surface area (Å²) in [4.78, 5) is 20.2. The number of likely N-dealkylation sites (N-methyl/N-ethyl adjacent to an activating group) is 1. The van der Waals surface area contributed by atoms with Gasteiger partial charge in [-0.2, -0.15) is 0 Å². The van der Waals surface area contributed by atoms with Gasteiger partial charge in [-0.05, 0) is 154 Å². The smallest absolute Gasteiger partial charge is 0.266 e. The number of aromatic nitrogens is 1. The number of hydrogen-bond donors (Lipinski definition) is 0. The Labute approximate surface area is 240 Å². The topological polar surface area (TPSA) is 37.6 Å². The molecule has 4 bridgehead atoms. The van der Waals surface area contributed by atoms with Crippen LogP contribution in [0.25, 0.3) is 11.8 Å². The van der Waals surface area contributed by atoms with Crippen molar-refractivity contribution in [2.24, 2.45) is 22.7 Å². The lowest BCUT2D eigenvalue weighted by atomic mass is 9.48. The lowest BCUT2D eigenvalue weighted by molar-refractivity contribution is -0.122. The molecule has 0 atom stereocenters. The number of rotatable bonds is 5. The first-order valence-electron chi connectivity index (χ1n) is 14.7. The third kappa shape index (κ3) is 4.36. The van der Waals surface area contributed by atoms with Crippen molar-refractivity contribution in [3.63, 3.8) is 0 Å². The van der Waals surface area contributed by atoms with Gasteiger partial charge in [-0.25, -0.2) is 9.38 Å². The average molecular weight is 554 g/mol. The molecule has 5 fully saturated rings. The monoisotopic (exact) mass is 553 g/mol. The molecule has 1 amide bonds. The van der Waals surface area contributed by atoms with Gasteiger partial charge in [0.05, 0.1) is 10.6 Å². The normalized spacial score (nSPS) is 29.4. The molecule has 1 aromatic heterocycles. The van der Waals surface area contributed by atoms with Crippen LogP contribution in [0.15, 0.2) is 64.5 Å². The molecule has 4 nitrogen and oxygen atoms in total. The highest BCUT2D eigenvalue weighted by atomic mass is 32.2. The van der Waals surface area contributed by atoms with Crippen molar-refractivity contribution < 1.29 is 9.18 Å². The van der Waals surface area contributed by atoms with Gasteiger partial charge in [-0.3, -0.25) is 9.69 Å². The first-order chi connectivity index (χ1) is 19.3. The van der Waals surface area contributed by atoms with Crippen LogP contribution in [0.5, 0.6) is 0 Å². The van der Waals surface area contributed by atoms with Crippen molar-refractivity contribution in [2.45, 2.75) is 64.7 Å². The van der Waals surface area contributed by atoms with Gasteiger partial charge >= 0.3 is 0 Å². The first-order valence-corrected chi connectivity index (χ1v) is 15.5. The molecule has 0 N–H and O–H groups in total. The van der Waals surface area contributed by atoms with Gasteiger partial charge < -0.3 is 4.57 Å². The van der Waals surface area contributed by atoms with E-state index in [2.05, 4.69) is 53.7 Å². The lowest BCUT2D eigenvalue weighted by Crippen LogP contribution is -2.48. The van der Waals surface area contributed by atoms with E-state index in [0.29, 0.717) is 27.7 Å². The van der Waals surface area contributed by atoms with E-state index in [1.165, 1.54) is 68.1 Å². The van der Waals surface area contributed by atoms with E-state index in [1.807, 2.05) is 13.0 Å². The van der Waals surface area contributed by atoms with Gasteiger partial charge in [0.25, 0.3) is 5.91 Å². The van der Waals surface area contributed by atoms with E-state index in [-0.39, 0.29) is 11.7 Å². The molecule has 206 valence electrons. The summed E-state index contributed by atoms with van der Waals surface area (Å²) in [7, 11) is 0. The van der Waals surface area contributed by atoms with Crippen molar-refractivity contribution in [3.05, 3.63) is 87.8 Å². The summed E-state index contributed by atoms with van der Waals surface area (Å²) in [5, 5.41) is 0.624. The van der Waals surface area contributed by atoms with Crippen LogP contribution in [0, 0.1) is 37.4 Å². The molecule has 3 aromatic rings. The Balaban J connectivity index is 1.16. The van der Waals surface area contributed by atoms with E-state index in [4.69, 9.17) is 0 Å². The van der Waals surface area contributed by atoms with E-state index >= 15 is 0 Å². The average Bonchev–Trinajstić information content (AvgIpc) is 3.38. The fraction of sp³-hybridized carbons (Fsp3) is 0.412. The molecule has 5 aliphatic rings. The number of aliphatic imine (C=N–C) groups is 1. The zero-order chi connectivity index (χ0) is 27.6. The van der Waals surface area contributed by atoms with Crippen LogP contribution < -0.4 is 0 Å². The van der Waals surface area contributed by atoms with Crippen LogP contribution in [-0.2, 0) is 10.2 Å². The Bertz CT molecular complexity index is 1500. The maximum Gasteiger partial charge on any atom is 0.266 e. The van der Waals surface area contributed by atoms with Gasteiger partial charge in [0.1, 0.15) is 5.82 Å². The van der Waals surface area contributed by atoms with Gasteiger partial charge in [0.15, 0.2) is 5.17 Å². The van der Waals surface area contributed by atoms with Gasteiger partial charge in [0.2, 0.25) is 0 Å². The summed E-state index contributed by atoms with van der Waals surface area (Å²) in [6.07, 6.45) is 10.5. The highest BCUT2D eigenvalue weighted by molar-refractivity contribution is 8.18. The van der Waals surface area contributed by atoms with Gasteiger partial charge in [0, 0.05) is 23.6 Å². The summed E-state index contributed by atoms with van der Waals surface area (Å²) in [5.41, 5.74) is 7.06. The Morgan fingerprint density at radius 1 is 0.975 bits per heavy atom. The first kappa shape index (κ1) is 25.8. The third-order valence-corrected chi connectivity index (χ3v) is 10.8. The maximum absolute atomic E-state index is 13.3. The van der Waals surface area contributed by atoms with Gasteiger partial charge in [-0.15, -0.1) is 0 Å². The Kier molecular flexibility index (Phi) is 6.30. The summed E-state index contributed by atoms with van der Waals surface area (Å²) < 4.78 is 15.6. The number of aryl methyl sites for hydroxylation is 1. The second-order valence-corrected chi connectivity index (χ2v) is 13.4. The number of benzene rings is 2. The number of nitrogens with zero attached hydrogens (tertiary/aromatic N) is 3. The minimum absolute atomic E-state index is 0.0434. The Hall–Kier alpha value is -3.12. The van der Waals surface area contributed by atoms with Crippen molar-refractivity contribution in [1.82, 2.24) is 9.47 Å². The molecule has 4 saturated carbocycles. The maximum atomic E-state index is 13.3. The summed E-state index contributed by atoms with van der Waals surface area (Å²) >= 11 is 1.38. The lowest BCUT2D eigenvalue weighted by Gasteiger charge is -2.57. The number of carbonyl (C=O) groups is 1. The largest absolute Gasteiger partial charge is 0.318 e. The SMILES string of the molecule is CCN1C(=O)/C(=C\c2cc(C)n(-c3ccc(C45CC6CC(CC(C6)C4)C5)cc3)c2C)SC1=Nc1ccc(F)cc1. The summed E-state index contributed by atoms with van der Waals surface area (Å²) in [5.74, 6) is 2.48. The number of amides is 1. The highest BCUT2D eigenvalue weighted by Gasteiger charge is 2.51. The standard InChI is InChI=1S/C34H36FN3OS/c1-4-37-32(39)31(40-33(37)36-29-9-7-28(35)8-10-29)17-26-13-21(2)38(22(26)3)30-11-5-27(6-12-30)34-18-23-14-24(19-34)16-25(15-23)20-34/h5-13,17,23-25H,4,14-16,18-20H2,1-3H3/b31-17+,36-33?. The van der Waals surface area contributed by atoms with Crippen LogP contribution in [0.2, 0.25) is 0 Å². The predicted molar refractivity (Wildman–Crippen MR) is 162 cm³/mol. The zero-order valence-electron chi connectivity index (χ0n) is 23.5. The Morgan fingerprint density at radius 2 is 1.60 bits per heavy atom. The molecular formula is C34H36FN3OS. The number of hydrogen-bond acceptors (Lipinski definition) is 3. The van der Waals surface area contributed by atoms with E-state index in [0.717, 1.165) is 34.7 Å². The fourth-order valence-corrected chi connectivity index (χ4v) is 9.45. The zero-order valence-corrected chi connectivity index (χ0v) is 24.3. The highest BCUT2D eigenvalue weighted by Crippen LogP contribution is 2.60. The molecule has 2 aromatic carbocycles. The van der Waals surface area contributed by atoms with Crippen molar-refractivity contribution in [2.75, 3.05) is 6.54 Å². The molecule has 40 heavy (non-hydrogen) atoms. The molecule has 0 unspecified atom stereocenters. The third-order valence-electron chi connectivity index (χ3n) is 9.79. The van der Waals surface area contributed by atoms with Crippen LogP contribution in [0.1, 0.15) is 68.0 Å². The molecular weight excluding hydrogens is 517 g/mol. The van der Waals surface area contributed by atoms with Crippen LogP contribution >= 0.6 is 11.8 Å². The Morgan fingerprint density at radius 3 is 2.20 bits per heavy atom. The number of halogens is 1. The summed E-state index contributed by atoms with van der Waals surface area (Å²) in [6.45, 7) is 6.73. The van der Waals surface area contributed by atoms with Crippen molar-refractivity contribution in [3.8, 4) is 5.69 Å². The number of carbonyl (C=O) groups excluding carboxylic acids is 1. The minimum Gasteiger partial charge on any atom is -0.318 e. The number of thioether (sulfide) groups is 1.